The van der Waals surface area contributed by atoms with E-state index >= 15 is 0 Å². The van der Waals surface area contributed by atoms with Crippen molar-refractivity contribution in [2.24, 2.45) is 10.4 Å². The van der Waals surface area contributed by atoms with Crippen LogP contribution in [0.15, 0.2) is 35.3 Å². The van der Waals surface area contributed by atoms with Gasteiger partial charge in [0.1, 0.15) is 10.8 Å². The number of anilines is 2. The summed E-state index contributed by atoms with van der Waals surface area (Å²) >= 11 is 1.78. The molecule has 0 unspecified atom stereocenters. The third-order valence-electron chi connectivity index (χ3n) is 7.55. The summed E-state index contributed by atoms with van der Waals surface area (Å²) in [6.45, 7) is 8.33. The van der Waals surface area contributed by atoms with Gasteiger partial charge in [0.2, 0.25) is 6.73 Å². The third-order valence-corrected chi connectivity index (χ3v) is 8.52. The molecule has 1 aromatic heterocycles. The maximum Gasteiger partial charge on any atom is 0.316 e. The van der Waals surface area contributed by atoms with Crippen molar-refractivity contribution in [2.75, 3.05) is 45.3 Å². The van der Waals surface area contributed by atoms with E-state index < -0.39 is 0 Å². The fourth-order valence-corrected chi connectivity index (χ4v) is 6.12. The minimum atomic E-state index is -0.290. The Morgan fingerprint density at radius 3 is 2.70 bits per heavy atom. The molecule has 2 aliphatic heterocycles. The van der Waals surface area contributed by atoms with Crippen LogP contribution in [0.1, 0.15) is 49.5 Å². The second-order valence-electron chi connectivity index (χ2n) is 10.4. The summed E-state index contributed by atoms with van der Waals surface area (Å²) in [4.78, 5) is 21.6. The van der Waals surface area contributed by atoms with Gasteiger partial charge in [-0.1, -0.05) is 31.4 Å². The van der Waals surface area contributed by atoms with Crippen molar-refractivity contribution in [3.63, 3.8) is 0 Å². The number of para-hydroxylation sites is 2. The van der Waals surface area contributed by atoms with E-state index in [1.165, 1.54) is 16.9 Å². The molecule has 0 radical (unpaired) electrons. The molecule has 1 saturated carbocycles. The van der Waals surface area contributed by atoms with Crippen molar-refractivity contribution in [1.29, 1.82) is 0 Å². The number of quaternary nitrogens is 1. The Bertz CT molecular complexity index is 1060. The SMILES string of the molecule is Cc1cc2c(s1)Nc1ccccc1N=C2N1CC[N+](C)(COC(=O)C2(C)CCCCC2)CC1. The van der Waals surface area contributed by atoms with Crippen molar-refractivity contribution >= 4 is 39.5 Å². The third kappa shape index (κ3) is 4.53. The number of thiophene rings is 1. The number of nitrogens with one attached hydrogen (secondary N) is 1. The number of hydrogen-bond donors (Lipinski definition) is 1. The number of aryl methyl sites for hydroxylation is 1. The Hall–Kier alpha value is -2.38. The number of likely N-dealkylation sites (N-methyl/N-ethyl adjacent to an activating group) is 1. The average Bonchev–Trinajstić information content (AvgIpc) is 3.10. The van der Waals surface area contributed by atoms with Crippen LogP contribution in [0.3, 0.4) is 0 Å². The molecule has 2 aromatic rings. The van der Waals surface area contributed by atoms with Gasteiger partial charge in [-0.15, -0.1) is 11.3 Å². The van der Waals surface area contributed by atoms with Crippen LogP contribution in [0.2, 0.25) is 0 Å². The van der Waals surface area contributed by atoms with Gasteiger partial charge in [0.25, 0.3) is 0 Å². The first-order valence-corrected chi connectivity index (χ1v) is 13.0. The number of benzene rings is 1. The minimum Gasteiger partial charge on any atom is -0.415 e. The van der Waals surface area contributed by atoms with Crippen LogP contribution in [-0.2, 0) is 9.53 Å². The second-order valence-corrected chi connectivity index (χ2v) is 11.7. The largest absolute Gasteiger partial charge is 0.415 e. The van der Waals surface area contributed by atoms with E-state index in [9.17, 15) is 4.79 Å². The maximum atomic E-state index is 12.8. The smallest absolute Gasteiger partial charge is 0.316 e. The molecule has 0 amide bonds. The standard InChI is InChI=1S/C26H35N4O2S/c1-19-17-20-23(27-21-9-5-6-10-22(21)28-24(20)33-19)29-13-15-30(3,16-14-29)18-32-25(31)26(2)11-7-4-8-12-26/h5-6,9-10,17,28H,4,7-8,11-16,18H2,1-3H3/q+1. The zero-order valence-electron chi connectivity index (χ0n) is 20.0. The number of aliphatic imine (C=N–C) groups is 1. The van der Waals surface area contributed by atoms with E-state index in [2.05, 4.69) is 49.3 Å². The van der Waals surface area contributed by atoms with Crippen LogP contribution >= 0.6 is 11.3 Å². The number of ether oxygens (including phenoxy) is 1. The Labute approximate surface area is 200 Å². The Morgan fingerprint density at radius 2 is 1.94 bits per heavy atom. The highest BCUT2D eigenvalue weighted by molar-refractivity contribution is 7.16. The predicted molar refractivity (Wildman–Crippen MR) is 135 cm³/mol. The molecular weight excluding hydrogens is 432 g/mol. The topological polar surface area (TPSA) is 53.9 Å². The lowest BCUT2D eigenvalue weighted by molar-refractivity contribution is -0.929. The first kappa shape index (κ1) is 22.4. The van der Waals surface area contributed by atoms with E-state index in [-0.39, 0.29) is 11.4 Å². The van der Waals surface area contributed by atoms with Crippen LogP contribution < -0.4 is 5.32 Å². The zero-order chi connectivity index (χ0) is 23.1. The molecule has 3 heterocycles. The molecule has 0 spiro atoms. The van der Waals surface area contributed by atoms with Gasteiger partial charge in [-0.2, -0.15) is 0 Å². The Balaban J connectivity index is 1.28. The van der Waals surface area contributed by atoms with Gasteiger partial charge in [-0.05, 0) is 44.9 Å². The molecule has 7 heteroatoms. The van der Waals surface area contributed by atoms with Gasteiger partial charge in [0.15, 0.2) is 0 Å². The molecule has 1 N–H and O–H groups in total. The summed E-state index contributed by atoms with van der Waals surface area (Å²) in [5.74, 6) is 1.04. The van der Waals surface area contributed by atoms with E-state index in [4.69, 9.17) is 9.73 Å². The Kier molecular flexibility index (Phi) is 5.95. The van der Waals surface area contributed by atoms with Crippen LogP contribution in [0.25, 0.3) is 0 Å². The maximum absolute atomic E-state index is 12.8. The molecular formula is C26H35N4O2S+. The van der Waals surface area contributed by atoms with Crippen LogP contribution in [0.4, 0.5) is 16.4 Å². The van der Waals surface area contributed by atoms with Crippen LogP contribution in [0, 0.1) is 12.3 Å². The monoisotopic (exact) mass is 467 g/mol. The van der Waals surface area contributed by atoms with Gasteiger partial charge in [-0.25, -0.2) is 4.99 Å². The normalized spacial score (nSPS) is 21.2. The van der Waals surface area contributed by atoms with Gasteiger partial charge in [-0.3, -0.25) is 9.28 Å². The van der Waals surface area contributed by atoms with E-state index in [0.29, 0.717) is 6.73 Å². The van der Waals surface area contributed by atoms with Crippen molar-refractivity contribution < 1.29 is 14.0 Å². The zero-order valence-corrected chi connectivity index (χ0v) is 20.8. The molecule has 0 bridgehead atoms. The molecule has 0 atom stereocenters. The summed E-state index contributed by atoms with van der Waals surface area (Å²) in [5, 5.41) is 4.75. The molecule has 3 aliphatic rings. The molecule has 1 aliphatic carbocycles. The summed E-state index contributed by atoms with van der Waals surface area (Å²) in [7, 11) is 2.21. The molecule has 5 rings (SSSR count). The molecule has 33 heavy (non-hydrogen) atoms. The predicted octanol–water partition coefficient (Wildman–Crippen LogP) is 5.43. The van der Waals surface area contributed by atoms with E-state index in [0.717, 1.165) is 78.6 Å². The van der Waals surface area contributed by atoms with Crippen molar-refractivity contribution in [1.82, 2.24) is 4.90 Å². The van der Waals surface area contributed by atoms with Crippen molar-refractivity contribution in [3.05, 3.63) is 40.8 Å². The first-order chi connectivity index (χ1) is 15.9. The second kappa shape index (κ2) is 8.76. The van der Waals surface area contributed by atoms with E-state index in [1.54, 1.807) is 11.3 Å². The number of rotatable bonds is 3. The fourth-order valence-electron chi connectivity index (χ4n) is 5.20. The lowest BCUT2D eigenvalue weighted by atomic mass is 9.76. The van der Waals surface area contributed by atoms with Gasteiger partial charge in [0.05, 0.1) is 55.6 Å². The number of esters is 1. The van der Waals surface area contributed by atoms with Gasteiger partial charge in [0, 0.05) is 4.88 Å². The fraction of sp³-hybridized carbons (Fsp3) is 0.538. The highest BCUT2D eigenvalue weighted by Crippen LogP contribution is 2.40. The summed E-state index contributed by atoms with van der Waals surface area (Å²) in [6, 6.07) is 10.5. The molecule has 1 saturated heterocycles. The van der Waals surface area contributed by atoms with Gasteiger partial charge >= 0.3 is 5.97 Å². The lowest BCUT2D eigenvalue weighted by Crippen LogP contribution is -2.59. The van der Waals surface area contributed by atoms with Gasteiger partial charge < -0.3 is 15.0 Å². The molecule has 2 fully saturated rings. The highest BCUT2D eigenvalue weighted by atomic mass is 32.1. The highest BCUT2D eigenvalue weighted by Gasteiger charge is 2.39. The lowest BCUT2D eigenvalue weighted by Gasteiger charge is -2.42. The first-order valence-electron chi connectivity index (χ1n) is 12.2. The summed E-state index contributed by atoms with van der Waals surface area (Å²) < 4.78 is 6.67. The molecule has 176 valence electrons. The molecule has 1 aromatic carbocycles. The number of carbonyl (C=O) groups is 1. The van der Waals surface area contributed by atoms with Crippen molar-refractivity contribution in [3.8, 4) is 0 Å². The minimum absolute atomic E-state index is 0.00167. The average molecular weight is 468 g/mol. The Morgan fingerprint density at radius 1 is 1.21 bits per heavy atom. The number of piperazine rings is 1. The number of amidine groups is 1. The number of carbonyl (C=O) groups excluding carboxylic acids is 1. The summed E-state index contributed by atoms with van der Waals surface area (Å²) in [5.41, 5.74) is 2.92. The van der Waals surface area contributed by atoms with Crippen LogP contribution in [-0.4, -0.2) is 61.1 Å². The number of nitrogens with zero attached hydrogens (tertiary/aromatic N) is 3. The quantitative estimate of drug-likeness (QED) is 0.483. The van der Waals surface area contributed by atoms with Crippen LogP contribution in [0.5, 0.6) is 0 Å². The summed E-state index contributed by atoms with van der Waals surface area (Å²) in [6.07, 6.45) is 5.43. The number of hydrogen-bond acceptors (Lipinski definition) is 6. The van der Waals surface area contributed by atoms with Crippen molar-refractivity contribution in [2.45, 2.75) is 46.0 Å². The molecule has 6 nitrogen and oxygen atoms in total. The van der Waals surface area contributed by atoms with E-state index in [1.807, 2.05) is 12.1 Å². The number of fused-ring (bicyclic) bond motifs is 2.